The molecule has 3 aromatic carbocycles. The molecule has 0 aliphatic rings. The maximum Gasteiger partial charge on any atom is 0.412 e. The smallest absolute Gasteiger partial charge is 0.412 e. The van der Waals surface area contributed by atoms with Gasteiger partial charge in [-0.3, -0.25) is 5.32 Å². The molecule has 0 heterocycles. The van der Waals surface area contributed by atoms with E-state index in [1.807, 2.05) is 36.4 Å². The first-order chi connectivity index (χ1) is 13.9. The number of amides is 1. The maximum absolute atomic E-state index is 12.6. The van der Waals surface area contributed by atoms with Crippen molar-refractivity contribution in [3.63, 3.8) is 0 Å². The topological polar surface area (TPSA) is 95.9 Å². The van der Waals surface area contributed by atoms with Crippen molar-refractivity contribution in [2.75, 3.05) is 5.32 Å². The Kier molecular flexibility index (Phi) is 6.51. The second-order valence-electron chi connectivity index (χ2n) is 6.23. The standard InChI is InChI=1S/C22H18BrNO5/c23-15-11-12-19(25)17(13-15)20(9-4-10-21(26)27)29-22(28)24-18-8-3-6-14-5-1-2-7-16(14)18/h1-8,10-13,20,25H,9H2,(H,24,28)(H,26,27)/b10-4+/t20-/m0/s1. The van der Waals surface area contributed by atoms with Gasteiger partial charge in [-0.2, -0.15) is 0 Å². The van der Waals surface area contributed by atoms with Crippen LogP contribution in [0.15, 0.2) is 77.3 Å². The predicted molar refractivity (Wildman–Crippen MR) is 114 cm³/mol. The van der Waals surface area contributed by atoms with Gasteiger partial charge in [0.15, 0.2) is 0 Å². The molecule has 6 nitrogen and oxygen atoms in total. The van der Waals surface area contributed by atoms with Gasteiger partial charge in [0.25, 0.3) is 0 Å². The van der Waals surface area contributed by atoms with Crippen LogP contribution in [-0.4, -0.2) is 22.3 Å². The molecule has 3 aromatic rings. The molecule has 0 spiro atoms. The lowest BCUT2D eigenvalue weighted by Gasteiger charge is -2.19. The third kappa shape index (κ3) is 5.36. The third-order valence-corrected chi connectivity index (χ3v) is 4.72. The van der Waals surface area contributed by atoms with Crippen molar-refractivity contribution in [1.82, 2.24) is 0 Å². The molecule has 0 unspecified atom stereocenters. The summed E-state index contributed by atoms with van der Waals surface area (Å²) in [5.74, 6) is -1.16. The molecule has 0 bridgehead atoms. The minimum absolute atomic E-state index is 0.0557. The number of ether oxygens (including phenoxy) is 1. The Morgan fingerprint density at radius 2 is 1.86 bits per heavy atom. The number of aromatic hydroxyl groups is 1. The molecule has 0 aliphatic heterocycles. The number of benzene rings is 3. The summed E-state index contributed by atoms with van der Waals surface area (Å²) in [6, 6.07) is 17.9. The lowest BCUT2D eigenvalue weighted by atomic mass is 10.0. The zero-order valence-electron chi connectivity index (χ0n) is 15.2. The number of carbonyl (C=O) groups is 2. The van der Waals surface area contributed by atoms with Crippen molar-refractivity contribution in [3.8, 4) is 5.75 Å². The number of halogens is 1. The van der Waals surface area contributed by atoms with Crippen molar-refractivity contribution in [3.05, 3.63) is 82.9 Å². The molecular weight excluding hydrogens is 438 g/mol. The first kappa shape index (κ1) is 20.4. The highest BCUT2D eigenvalue weighted by atomic mass is 79.9. The van der Waals surface area contributed by atoms with Crippen LogP contribution in [0.5, 0.6) is 5.75 Å². The molecule has 0 aromatic heterocycles. The number of carbonyl (C=O) groups excluding carboxylic acids is 1. The van der Waals surface area contributed by atoms with E-state index in [-0.39, 0.29) is 12.2 Å². The van der Waals surface area contributed by atoms with Gasteiger partial charge < -0.3 is 14.9 Å². The molecule has 29 heavy (non-hydrogen) atoms. The fraction of sp³-hybridized carbons (Fsp3) is 0.0909. The highest BCUT2D eigenvalue weighted by Crippen LogP contribution is 2.33. The van der Waals surface area contributed by atoms with Gasteiger partial charge in [0.05, 0.1) is 5.69 Å². The summed E-state index contributed by atoms with van der Waals surface area (Å²) in [5.41, 5.74) is 0.953. The quantitative estimate of drug-likeness (QED) is 0.418. The fourth-order valence-corrected chi connectivity index (χ4v) is 3.30. The van der Waals surface area contributed by atoms with E-state index >= 15 is 0 Å². The summed E-state index contributed by atoms with van der Waals surface area (Å²) in [4.78, 5) is 23.3. The van der Waals surface area contributed by atoms with E-state index in [0.717, 1.165) is 16.8 Å². The Hall–Kier alpha value is -3.32. The zero-order chi connectivity index (χ0) is 20.8. The van der Waals surface area contributed by atoms with Gasteiger partial charge in [0, 0.05) is 27.9 Å². The predicted octanol–water partition coefficient (Wildman–Crippen LogP) is 5.63. The maximum atomic E-state index is 12.6. The summed E-state index contributed by atoms with van der Waals surface area (Å²) in [6.45, 7) is 0. The van der Waals surface area contributed by atoms with Crippen molar-refractivity contribution in [1.29, 1.82) is 0 Å². The number of anilines is 1. The Morgan fingerprint density at radius 3 is 2.66 bits per heavy atom. The van der Waals surface area contributed by atoms with E-state index < -0.39 is 18.2 Å². The largest absolute Gasteiger partial charge is 0.508 e. The third-order valence-electron chi connectivity index (χ3n) is 4.22. The number of hydrogen-bond acceptors (Lipinski definition) is 4. The molecule has 1 atom stereocenters. The van der Waals surface area contributed by atoms with Gasteiger partial charge in [-0.25, -0.2) is 9.59 Å². The summed E-state index contributed by atoms with van der Waals surface area (Å²) in [5, 5.41) is 23.5. The SMILES string of the molecule is O=C(O)/C=C/C[C@H](OC(=O)Nc1cccc2ccccc12)c1cc(Br)ccc1O. The van der Waals surface area contributed by atoms with Crippen LogP contribution in [0.1, 0.15) is 18.1 Å². The molecule has 3 N–H and O–H groups in total. The van der Waals surface area contributed by atoms with Crippen LogP contribution in [0.2, 0.25) is 0 Å². The van der Waals surface area contributed by atoms with Gasteiger partial charge in [-0.05, 0) is 29.7 Å². The zero-order valence-corrected chi connectivity index (χ0v) is 16.8. The molecule has 3 rings (SSSR count). The number of carboxylic acids is 1. The van der Waals surface area contributed by atoms with E-state index in [2.05, 4.69) is 21.2 Å². The van der Waals surface area contributed by atoms with Gasteiger partial charge >= 0.3 is 12.1 Å². The van der Waals surface area contributed by atoms with Crippen molar-refractivity contribution in [2.24, 2.45) is 0 Å². The summed E-state index contributed by atoms with van der Waals surface area (Å²) >= 11 is 3.32. The minimum Gasteiger partial charge on any atom is -0.508 e. The monoisotopic (exact) mass is 455 g/mol. The normalized spacial score (nSPS) is 12.0. The lowest BCUT2D eigenvalue weighted by molar-refractivity contribution is -0.131. The van der Waals surface area contributed by atoms with Gasteiger partial charge in [0.2, 0.25) is 0 Å². The number of phenolic OH excluding ortho intramolecular Hbond substituents is 1. The Balaban J connectivity index is 1.83. The number of rotatable bonds is 6. The van der Waals surface area contributed by atoms with E-state index in [0.29, 0.717) is 15.7 Å². The Bertz CT molecular complexity index is 1070. The summed E-state index contributed by atoms with van der Waals surface area (Å²) in [6.07, 6.45) is 0.832. The molecule has 0 fully saturated rings. The number of aliphatic carboxylic acids is 1. The average Bonchev–Trinajstić information content (AvgIpc) is 2.69. The summed E-state index contributed by atoms with van der Waals surface area (Å²) < 4.78 is 6.22. The van der Waals surface area contributed by atoms with Crippen LogP contribution < -0.4 is 5.32 Å². The number of fused-ring (bicyclic) bond motifs is 1. The first-order valence-electron chi connectivity index (χ1n) is 8.77. The number of nitrogens with one attached hydrogen (secondary N) is 1. The van der Waals surface area contributed by atoms with Crippen LogP contribution in [0.25, 0.3) is 10.8 Å². The van der Waals surface area contributed by atoms with E-state index in [1.54, 1.807) is 18.2 Å². The highest BCUT2D eigenvalue weighted by Gasteiger charge is 2.20. The Labute approximate surface area is 175 Å². The summed E-state index contributed by atoms with van der Waals surface area (Å²) in [7, 11) is 0. The molecule has 1 amide bonds. The fourth-order valence-electron chi connectivity index (χ4n) is 2.92. The molecule has 0 aliphatic carbocycles. The van der Waals surface area contributed by atoms with Crippen molar-refractivity contribution < 1.29 is 24.5 Å². The minimum atomic E-state index is -1.11. The van der Waals surface area contributed by atoms with E-state index in [4.69, 9.17) is 9.84 Å². The van der Waals surface area contributed by atoms with Gasteiger partial charge in [-0.1, -0.05) is 58.4 Å². The van der Waals surface area contributed by atoms with Gasteiger partial charge in [0.1, 0.15) is 11.9 Å². The van der Waals surface area contributed by atoms with Gasteiger partial charge in [-0.15, -0.1) is 0 Å². The Morgan fingerprint density at radius 1 is 1.10 bits per heavy atom. The van der Waals surface area contributed by atoms with E-state index in [9.17, 15) is 14.7 Å². The number of carboxylic acid groups (broad SMARTS) is 1. The molecule has 0 radical (unpaired) electrons. The van der Waals surface area contributed by atoms with Crippen LogP contribution >= 0.6 is 15.9 Å². The number of phenols is 1. The van der Waals surface area contributed by atoms with Crippen LogP contribution in [-0.2, 0) is 9.53 Å². The van der Waals surface area contributed by atoms with Crippen LogP contribution in [0, 0.1) is 0 Å². The molecular formula is C22H18BrNO5. The van der Waals surface area contributed by atoms with Crippen LogP contribution in [0.3, 0.4) is 0 Å². The molecule has 0 saturated carbocycles. The van der Waals surface area contributed by atoms with Crippen molar-refractivity contribution >= 4 is 44.5 Å². The first-order valence-corrected chi connectivity index (χ1v) is 9.56. The molecule has 0 saturated heterocycles. The van der Waals surface area contributed by atoms with E-state index in [1.165, 1.54) is 12.1 Å². The second kappa shape index (κ2) is 9.25. The lowest BCUT2D eigenvalue weighted by Crippen LogP contribution is -2.17. The van der Waals surface area contributed by atoms with Crippen LogP contribution in [0.4, 0.5) is 10.5 Å². The second-order valence-corrected chi connectivity index (χ2v) is 7.14. The van der Waals surface area contributed by atoms with Crippen molar-refractivity contribution in [2.45, 2.75) is 12.5 Å². The number of hydrogen-bond donors (Lipinski definition) is 3. The highest BCUT2D eigenvalue weighted by molar-refractivity contribution is 9.10. The molecule has 7 heteroatoms. The average molecular weight is 456 g/mol. The molecule has 148 valence electrons.